The molecule has 0 fully saturated rings. The van der Waals surface area contributed by atoms with Gasteiger partial charge in [0.2, 0.25) is 11.7 Å². The number of phenolic OH excluding ortho intramolecular Hbond substituents is 1. The third-order valence-electron chi connectivity index (χ3n) is 5.09. The predicted octanol–water partition coefficient (Wildman–Crippen LogP) is 3.55. The number of nitrogens with one attached hydrogen (secondary N) is 1. The van der Waals surface area contributed by atoms with Crippen LogP contribution in [-0.2, 0) is 4.79 Å². The number of anilines is 1. The molecule has 1 atom stereocenters. The van der Waals surface area contributed by atoms with Crippen molar-refractivity contribution in [2.24, 2.45) is 0 Å². The summed E-state index contributed by atoms with van der Waals surface area (Å²) in [6.07, 6.45) is -0.228. The molecule has 0 aliphatic heterocycles. The minimum absolute atomic E-state index is 0.0584. The normalized spacial score (nSPS) is 11.5. The van der Waals surface area contributed by atoms with Crippen LogP contribution in [0.25, 0.3) is 0 Å². The minimum atomic E-state index is -0.936. The number of aromatic hydroxyl groups is 2. The average molecular weight is 455 g/mol. The van der Waals surface area contributed by atoms with Gasteiger partial charge in [-0.15, -0.1) is 0 Å². The van der Waals surface area contributed by atoms with Crippen LogP contribution in [0.15, 0.2) is 51.7 Å². The Morgan fingerprint density at radius 3 is 2.24 bits per heavy atom. The van der Waals surface area contributed by atoms with Gasteiger partial charge >= 0.3 is 5.63 Å². The van der Waals surface area contributed by atoms with Gasteiger partial charge in [-0.3, -0.25) is 4.79 Å². The van der Waals surface area contributed by atoms with Crippen molar-refractivity contribution in [3.8, 4) is 28.7 Å². The lowest BCUT2D eigenvalue weighted by Crippen LogP contribution is -2.21. The van der Waals surface area contributed by atoms with Crippen molar-refractivity contribution in [2.45, 2.75) is 19.3 Å². The van der Waals surface area contributed by atoms with E-state index in [0.29, 0.717) is 17.0 Å². The van der Waals surface area contributed by atoms with Crippen molar-refractivity contribution in [1.29, 1.82) is 0 Å². The van der Waals surface area contributed by atoms with Crippen LogP contribution in [0.2, 0.25) is 0 Å². The largest absolute Gasteiger partial charge is 0.508 e. The van der Waals surface area contributed by atoms with Gasteiger partial charge in [0.05, 0.1) is 26.9 Å². The summed E-state index contributed by atoms with van der Waals surface area (Å²) in [5.74, 6) is -0.476. The predicted molar refractivity (Wildman–Crippen MR) is 121 cm³/mol. The number of hydrogen-bond acceptors (Lipinski definition) is 8. The lowest BCUT2D eigenvalue weighted by atomic mass is 9.87. The lowest BCUT2D eigenvalue weighted by molar-refractivity contribution is -0.116. The maximum absolute atomic E-state index is 12.9. The van der Waals surface area contributed by atoms with E-state index in [2.05, 4.69) is 5.32 Å². The van der Waals surface area contributed by atoms with E-state index in [4.69, 9.17) is 18.6 Å². The molecule has 0 aliphatic rings. The summed E-state index contributed by atoms with van der Waals surface area (Å²) in [6, 6.07) is 10.5. The van der Waals surface area contributed by atoms with E-state index in [1.807, 2.05) is 0 Å². The van der Waals surface area contributed by atoms with Gasteiger partial charge in [-0.2, -0.15) is 0 Å². The number of aryl methyl sites for hydroxylation is 1. The Morgan fingerprint density at radius 1 is 1.00 bits per heavy atom. The molecule has 3 rings (SSSR count). The molecule has 0 saturated carbocycles. The summed E-state index contributed by atoms with van der Waals surface area (Å²) in [5.41, 5.74) is 0.0113. The van der Waals surface area contributed by atoms with Crippen molar-refractivity contribution < 1.29 is 33.6 Å². The Morgan fingerprint density at radius 2 is 1.67 bits per heavy atom. The van der Waals surface area contributed by atoms with E-state index < -0.39 is 17.5 Å². The molecule has 174 valence electrons. The number of methoxy groups -OCH3 is 3. The molecule has 33 heavy (non-hydrogen) atoms. The van der Waals surface area contributed by atoms with Gasteiger partial charge in [-0.05, 0) is 37.3 Å². The van der Waals surface area contributed by atoms with Crippen molar-refractivity contribution >= 4 is 11.6 Å². The summed E-state index contributed by atoms with van der Waals surface area (Å²) < 4.78 is 21.5. The summed E-state index contributed by atoms with van der Waals surface area (Å²) in [7, 11) is 4.33. The number of ether oxygens (including phenoxy) is 3. The van der Waals surface area contributed by atoms with Crippen LogP contribution in [0.1, 0.15) is 29.2 Å². The molecule has 0 radical (unpaired) electrons. The zero-order valence-corrected chi connectivity index (χ0v) is 18.7. The molecule has 0 saturated heterocycles. The number of phenols is 1. The number of carbonyl (C=O) groups excluding carboxylic acids is 1. The number of benzene rings is 2. The van der Waals surface area contributed by atoms with E-state index in [1.165, 1.54) is 58.6 Å². The summed E-state index contributed by atoms with van der Waals surface area (Å²) in [4.78, 5) is 25.7. The quantitative estimate of drug-likeness (QED) is 0.440. The smallest absolute Gasteiger partial charge is 0.343 e. The van der Waals surface area contributed by atoms with Gasteiger partial charge in [0.1, 0.15) is 17.3 Å². The number of rotatable bonds is 8. The summed E-state index contributed by atoms with van der Waals surface area (Å²) >= 11 is 0. The molecular weight excluding hydrogens is 430 g/mol. The number of amides is 1. The topological polar surface area (TPSA) is 127 Å². The second kappa shape index (κ2) is 9.99. The zero-order valence-electron chi connectivity index (χ0n) is 18.7. The molecule has 0 aliphatic carbocycles. The highest BCUT2D eigenvalue weighted by molar-refractivity contribution is 5.91. The fourth-order valence-electron chi connectivity index (χ4n) is 3.63. The van der Waals surface area contributed by atoms with Crippen molar-refractivity contribution in [1.82, 2.24) is 0 Å². The van der Waals surface area contributed by atoms with Gasteiger partial charge in [0.25, 0.3) is 0 Å². The Bertz CT molecular complexity index is 1200. The average Bonchev–Trinajstić information content (AvgIpc) is 2.78. The highest BCUT2D eigenvalue weighted by atomic mass is 16.5. The van der Waals surface area contributed by atoms with Crippen molar-refractivity contribution in [2.75, 3.05) is 26.6 Å². The molecule has 1 heterocycles. The fourth-order valence-corrected chi connectivity index (χ4v) is 3.63. The van der Waals surface area contributed by atoms with Crippen LogP contribution < -0.4 is 25.2 Å². The van der Waals surface area contributed by atoms with E-state index in [1.54, 1.807) is 12.1 Å². The van der Waals surface area contributed by atoms with Crippen LogP contribution in [0.3, 0.4) is 0 Å². The highest BCUT2D eigenvalue weighted by Crippen LogP contribution is 2.46. The first-order valence-electron chi connectivity index (χ1n) is 10.00. The van der Waals surface area contributed by atoms with E-state index in [0.717, 1.165) is 0 Å². The lowest BCUT2D eigenvalue weighted by Gasteiger charge is -2.22. The standard InChI is InChI=1S/C24H25NO8/c1-13-11-18(27)21(24(29)33-13)17(12-20(28)25-14-5-7-15(26)8-6-14)16-9-10-19(30-2)23(32-4)22(16)31-3/h5-11,17,26-27H,12H2,1-4H3,(H,25,28). The fraction of sp³-hybridized carbons (Fsp3) is 0.250. The molecule has 3 N–H and O–H groups in total. The van der Waals surface area contributed by atoms with Gasteiger partial charge in [-0.1, -0.05) is 6.07 Å². The Kier molecular flexibility index (Phi) is 7.12. The molecule has 1 aromatic heterocycles. The maximum Gasteiger partial charge on any atom is 0.343 e. The van der Waals surface area contributed by atoms with Gasteiger partial charge in [-0.25, -0.2) is 4.79 Å². The minimum Gasteiger partial charge on any atom is -0.508 e. The summed E-state index contributed by atoms with van der Waals surface area (Å²) in [5, 5.41) is 22.8. The van der Waals surface area contributed by atoms with E-state index in [-0.39, 0.29) is 40.7 Å². The Labute approximate surface area is 190 Å². The second-order valence-electron chi connectivity index (χ2n) is 7.22. The third-order valence-corrected chi connectivity index (χ3v) is 5.09. The first-order chi connectivity index (χ1) is 15.8. The van der Waals surface area contributed by atoms with Crippen molar-refractivity contribution in [3.05, 3.63) is 69.8 Å². The third kappa shape index (κ3) is 5.03. The molecule has 1 amide bonds. The molecule has 9 nitrogen and oxygen atoms in total. The first-order valence-corrected chi connectivity index (χ1v) is 10.00. The van der Waals surface area contributed by atoms with E-state index >= 15 is 0 Å². The Hall–Kier alpha value is -4.14. The molecule has 9 heteroatoms. The molecule has 1 unspecified atom stereocenters. The van der Waals surface area contributed by atoms with E-state index in [9.17, 15) is 19.8 Å². The van der Waals surface area contributed by atoms with Gasteiger partial charge < -0.3 is 34.2 Å². The molecule has 0 bridgehead atoms. The molecule has 3 aromatic rings. The second-order valence-corrected chi connectivity index (χ2v) is 7.22. The first kappa shape index (κ1) is 23.5. The molecular formula is C24H25NO8. The summed E-state index contributed by atoms with van der Waals surface area (Å²) in [6.45, 7) is 1.54. The number of hydrogen-bond donors (Lipinski definition) is 3. The van der Waals surface area contributed by atoms with Crippen LogP contribution in [0.4, 0.5) is 5.69 Å². The van der Waals surface area contributed by atoms with Crippen LogP contribution in [-0.4, -0.2) is 37.4 Å². The SMILES string of the molecule is COc1ccc(C(CC(=O)Nc2ccc(O)cc2)c2c(O)cc(C)oc2=O)c(OC)c1OC. The van der Waals surface area contributed by atoms with Crippen LogP contribution in [0, 0.1) is 6.92 Å². The van der Waals surface area contributed by atoms with Crippen LogP contribution in [0.5, 0.6) is 28.7 Å². The monoisotopic (exact) mass is 455 g/mol. The molecule has 2 aromatic carbocycles. The highest BCUT2D eigenvalue weighted by Gasteiger charge is 2.30. The Balaban J connectivity index is 2.12. The number of carbonyl (C=O) groups is 1. The van der Waals surface area contributed by atoms with Gasteiger partial charge in [0, 0.05) is 29.7 Å². The molecule has 0 spiro atoms. The van der Waals surface area contributed by atoms with Crippen LogP contribution >= 0.6 is 0 Å². The maximum atomic E-state index is 12.9. The van der Waals surface area contributed by atoms with Crippen molar-refractivity contribution in [3.63, 3.8) is 0 Å². The van der Waals surface area contributed by atoms with Gasteiger partial charge in [0.15, 0.2) is 11.5 Å². The zero-order chi connectivity index (χ0) is 24.1.